The van der Waals surface area contributed by atoms with Crippen LogP contribution < -0.4 is 5.73 Å². The van der Waals surface area contributed by atoms with Gasteiger partial charge in [-0.3, -0.25) is 5.41 Å². The molecule has 4 aromatic rings. The lowest BCUT2D eigenvalue weighted by Crippen LogP contribution is -2.25. The van der Waals surface area contributed by atoms with Gasteiger partial charge in [-0.15, -0.1) is 0 Å². The molecule has 0 saturated carbocycles. The van der Waals surface area contributed by atoms with Gasteiger partial charge < -0.3 is 5.73 Å². The van der Waals surface area contributed by atoms with Crippen LogP contribution in [0.1, 0.15) is 28.2 Å². The molecule has 192 valence electrons. The molecular weight excluding hydrogens is 486 g/mol. The van der Waals surface area contributed by atoms with E-state index in [2.05, 4.69) is 108 Å². The number of aliphatic imine (C=N–C) groups is 1. The fraction of sp³-hybridized carbons (Fsp3) is 0.0811. The Morgan fingerprint density at radius 2 is 1.48 bits per heavy atom. The molecule has 3 heteroatoms. The van der Waals surface area contributed by atoms with E-state index in [-0.39, 0.29) is 17.7 Å². The van der Waals surface area contributed by atoms with Crippen molar-refractivity contribution in [1.82, 2.24) is 0 Å². The van der Waals surface area contributed by atoms with Gasteiger partial charge in [-0.1, -0.05) is 127 Å². The minimum Gasteiger partial charge on any atom is -0.383 e. The van der Waals surface area contributed by atoms with Crippen LogP contribution in [0, 0.1) is 11.3 Å². The standard InChI is InChI=1S/C37H29N3/c38-36(25-13-5-2-6-14-25)40-37(39)33-20-19-32(30-17-9-10-18-31(30)33)34-23-27(24-11-3-1-4-12-24)22-28-21-26-15-7-8-16-29(26)35(28)34/h1-20,22-23,30,32H,21H2,(H3,38,39,40). The van der Waals surface area contributed by atoms with Crippen LogP contribution in [0.3, 0.4) is 0 Å². The average molecular weight is 516 g/mol. The molecule has 0 radical (unpaired) electrons. The van der Waals surface area contributed by atoms with Crippen molar-refractivity contribution >= 4 is 11.7 Å². The van der Waals surface area contributed by atoms with Crippen LogP contribution in [-0.2, 0) is 6.42 Å². The van der Waals surface area contributed by atoms with E-state index in [1.54, 1.807) is 0 Å². The van der Waals surface area contributed by atoms with Crippen molar-refractivity contribution in [3.63, 3.8) is 0 Å². The highest BCUT2D eigenvalue weighted by atomic mass is 14.9. The average Bonchev–Trinajstić information content (AvgIpc) is 3.39. The SMILES string of the molecule is N=C(/N=C(\N)C1=C2C=CC=CC2C(c2cc(-c3ccccc3)cc3c2-c2ccccc2C3)C=C1)c1ccccc1. The lowest BCUT2D eigenvalue weighted by molar-refractivity contribution is 0.668. The summed E-state index contributed by atoms with van der Waals surface area (Å²) in [7, 11) is 0. The first kappa shape index (κ1) is 24.1. The van der Waals surface area contributed by atoms with Crippen molar-refractivity contribution in [2.45, 2.75) is 12.3 Å². The first-order chi connectivity index (χ1) is 19.7. The molecule has 40 heavy (non-hydrogen) atoms. The number of allylic oxidation sites excluding steroid dienone is 6. The van der Waals surface area contributed by atoms with Crippen molar-refractivity contribution in [3.05, 3.63) is 167 Å². The molecule has 0 saturated heterocycles. The van der Waals surface area contributed by atoms with E-state index in [4.69, 9.17) is 11.1 Å². The first-order valence-corrected chi connectivity index (χ1v) is 13.7. The second-order valence-corrected chi connectivity index (χ2v) is 10.5. The molecular formula is C37H29N3. The van der Waals surface area contributed by atoms with Crippen LogP contribution >= 0.6 is 0 Å². The molecule has 7 rings (SSSR count). The maximum absolute atomic E-state index is 8.50. The summed E-state index contributed by atoms with van der Waals surface area (Å²) in [6.45, 7) is 0. The monoisotopic (exact) mass is 515 g/mol. The van der Waals surface area contributed by atoms with E-state index in [0.29, 0.717) is 5.84 Å². The van der Waals surface area contributed by atoms with Crippen molar-refractivity contribution in [1.29, 1.82) is 5.41 Å². The molecule has 3 aliphatic carbocycles. The number of amidine groups is 2. The van der Waals surface area contributed by atoms with Gasteiger partial charge in [0.15, 0.2) is 5.84 Å². The van der Waals surface area contributed by atoms with E-state index in [1.807, 2.05) is 30.3 Å². The Morgan fingerprint density at radius 1 is 0.725 bits per heavy atom. The van der Waals surface area contributed by atoms with E-state index in [9.17, 15) is 0 Å². The summed E-state index contributed by atoms with van der Waals surface area (Å²) in [4.78, 5) is 4.51. The Kier molecular flexibility index (Phi) is 5.98. The summed E-state index contributed by atoms with van der Waals surface area (Å²) in [5.74, 6) is 0.799. The highest BCUT2D eigenvalue weighted by Gasteiger charge is 2.33. The molecule has 0 heterocycles. The molecule has 0 fully saturated rings. The quantitative estimate of drug-likeness (QED) is 0.185. The van der Waals surface area contributed by atoms with Crippen molar-refractivity contribution in [3.8, 4) is 22.3 Å². The Balaban J connectivity index is 1.34. The highest BCUT2D eigenvalue weighted by Crippen LogP contribution is 2.49. The maximum atomic E-state index is 8.50. The fourth-order valence-electron chi connectivity index (χ4n) is 6.31. The normalized spacial score (nSPS) is 18.9. The van der Waals surface area contributed by atoms with E-state index >= 15 is 0 Å². The van der Waals surface area contributed by atoms with Crippen LogP contribution in [0.4, 0.5) is 0 Å². The molecule has 3 aliphatic rings. The molecule has 0 aliphatic heterocycles. The molecule has 3 N–H and O–H groups in total. The third kappa shape index (κ3) is 4.17. The van der Waals surface area contributed by atoms with Gasteiger partial charge in [-0.05, 0) is 57.0 Å². The number of rotatable bonds is 4. The van der Waals surface area contributed by atoms with Crippen LogP contribution in [0.25, 0.3) is 22.3 Å². The summed E-state index contributed by atoms with van der Waals surface area (Å²) in [6, 6.07) is 33.7. The summed E-state index contributed by atoms with van der Waals surface area (Å²) in [5, 5.41) is 8.50. The molecule has 0 aromatic heterocycles. The molecule has 3 nitrogen and oxygen atoms in total. The molecule has 4 aromatic carbocycles. The summed E-state index contributed by atoms with van der Waals surface area (Å²) in [6.07, 6.45) is 14.0. The predicted molar refractivity (Wildman–Crippen MR) is 166 cm³/mol. The number of benzene rings is 4. The van der Waals surface area contributed by atoms with Crippen molar-refractivity contribution < 1.29 is 0 Å². The zero-order valence-corrected chi connectivity index (χ0v) is 22.1. The lowest BCUT2D eigenvalue weighted by atomic mass is 9.72. The molecule has 0 spiro atoms. The van der Waals surface area contributed by atoms with E-state index < -0.39 is 0 Å². The van der Waals surface area contributed by atoms with Crippen LogP contribution in [0.2, 0.25) is 0 Å². The Morgan fingerprint density at radius 3 is 2.30 bits per heavy atom. The maximum Gasteiger partial charge on any atom is 0.154 e. The van der Waals surface area contributed by atoms with Crippen LogP contribution in [-0.4, -0.2) is 11.7 Å². The zero-order chi connectivity index (χ0) is 27.1. The Bertz CT molecular complexity index is 1790. The van der Waals surface area contributed by atoms with Gasteiger partial charge in [0.1, 0.15) is 5.84 Å². The third-order valence-electron chi connectivity index (χ3n) is 8.17. The third-order valence-corrected chi connectivity index (χ3v) is 8.17. The van der Waals surface area contributed by atoms with Gasteiger partial charge in [0, 0.05) is 23.0 Å². The van der Waals surface area contributed by atoms with Crippen molar-refractivity contribution in [2.24, 2.45) is 16.6 Å². The summed E-state index contributed by atoms with van der Waals surface area (Å²) < 4.78 is 0. The van der Waals surface area contributed by atoms with Gasteiger partial charge >= 0.3 is 0 Å². The van der Waals surface area contributed by atoms with Gasteiger partial charge in [0.2, 0.25) is 0 Å². The Labute approximate surface area is 234 Å². The number of nitrogens with one attached hydrogen (secondary N) is 1. The topological polar surface area (TPSA) is 62.2 Å². The molecule has 0 amide bonds. The molecule has 2 atom stereocenters. The minimum absolute atomic E-state index is 0.118. The fourth-order valence-corrected chi connectivity index (χ4v) is 6.31. The smallest absolute Gasteiger partial charge is 0.154 e. The number of hydrogen-bond donors (Lipinski definition) is 2. The van der Waals surface area contributed by atoms with Crippen molar-refractivity contribution in [2.75, 3.05) is 0 Å². The number of nitrogens with two attached hydrogens (primary N) is 1. The van der Waals surface area contributed by atoms with Crippen LogP contribution in [0.5, 0.6) is 0 Å². The largest absolute Gasteiger partial charge is 0.383 e. The number of nitrogens with zero attached hydrogens (tertiary/aromatic N) is 1. The zero-order valence-electron chi connectivity index (χ0n) is 22.1. The Hall–Kier alpha value is -5.02. The van der Waals surface area contributed by atoms with Crippen LogP contribution in [0.15, 0.2) is 150 Å². The molecule has 0 bridgehead atoms. The summed E-state index contributed by atoms with van der Waals surface area (Å²) >= 11 is 0. The van der Waals surface area contributed by atoms with Gasteiger partial charge in [-0.2, -0.15) is 0 Å². The van der Waals surface area contributed by atoms with Gasteiger partial charge in [0.25, 0.3) is 0 Å². The lowest BCUT2D eigenvalue weighted by Gasteiger charge is -2.32. The van der Waals surface area contributed by atoms with Gasteiger partial charge in [-0.25, -0.2) is 4.99 Å². The minimum atomic E-state index is 0.118. The van der Waals surface area contributed by atoms with Gasteiger partial charge in [0.05, 0.1) is 0 Å². The second kappa shape index (κ2) is 9.94. The first-order valence-electron chi connectivity index (χ1n) is 13.7. The highest BCUT2D eigenvalue weighted by molar-refractivity contribution is 6.11. The van der Waals surface area contributed by atoms with E-state index in [1.165, 1.54) is 38.9 Å². The predicted octanol–water partition coefficient (Wildman–Crippen LogP) is 8.00. The molecule has 2 unspecified atom stereocenters. The van der Waals surface area contributed by atoms with E-state index in [0.717, 1.165) is 23.1 Å². The second-order valence-electron chi connectivity index (χ2n) is 10.5. The number of fused-ring (bicyclic) bond motifs is 4. The number of hydrogen-bond acceptors (Lipinski definition) is 1. The summed E-state index contributed by atoms with van der Waals surface area (Å²) in [5.41, 5.74) is 18.6.